The summed E-state index contributed by atoms with van der Waals surface area (Å²) >= 11 is 3.25. The third-order valence-electron chi connectivity index (χ3n) is 2.79. The molecule has 0 saturated heterocycles. The molecule has 1 aromatic heterocycles. The molecule has 0 spiro atoms. The molecule has 1 aromatic carbocycles. The van der Waals surface area contributed by atoms with Crippen molar-refractivity contribution >= 4 is 27.6 Å². The second-order valence-electron chi connectivity index (χ2n) is 4.49. The fraction of sp³-hybridized carbons (Fsp3) is 0.143. The summed E-state index contributed by atoms with van der Waals surface area (Å²) in [6.07, 6.45) is 1.46. The van der Waals surface area contributed by atoms with Crippen LogP contribution < -0.4 is 0 Å². The molecule has 5 nitrogen and oxygen atoms in total. The minimum absolute atomic E-state index is 0.0973. The number of carbonyl (C=O) groups excluding carboxylic acids is 2. The minimum atomic E-state index is -0.349. The second kappa shape index (κ2) is 5.50. The molecule has 0 fully saturated rings. The Hall–Kier alpha value is -2.08. The van der Waals surface area contributed by atoms with Gasteiger partial charge in [0.2, 0.25) is 0 Å². The molecule has 1 amide bonds. The molecule has 2 rings (SSSR count). The quantitative estimate of drug-likeness (QED) is 0.845. The number of ketones is 1. The smallest absolute Gasteiger partial charge is 0.269 e. The fourth-order valence-electron chi connectivity index (χ4n) is 1.74. The Morgan fingerprint density at radius 2 is 1.95 bits per heavy atom. The van der Waals surface area contributed by atoms with Crippen molar-refractivity contribution in [3.63, 3.8) is 0 Å². The first kappa shape index (κ1) is 14.3. The van der Waals surface area contributed by atoms with Gasteiger partial charge >= 0.3 is 0 Å². The molecule has 0 unspecified atom stereocenters. The van der Waals surface area contributed by atoms with Crippen molar-refractivity contribution in [2.75, 3.05) is 14.1 Å². The average Bonchev–Trinajstić information content (AvgIpc) is 2.89. The number of nitrogens with zero attached hydrogens (tertiary/aromatic N) is 1. The van der Waals surface area contributed by atoms with E-state index < -0.39 is 0 Å². The number of hydrogen-bond donors (Lipinski definition) is 2. The number of H-pyrrole nitrogens is 1. The SMILES string of the molecule is CN(C)C(=O)c1cc(C(=O)c2cc(Br)ccc2O)c[nH]1. The first-order valence-corrected chi connectivity index (χ1v) is 6.62. The number of phenolic OH excluding ortho intramolecular Hbond substituents is 1. The van der Waals surface area contributed by atoms with E-state index in [-0.39, 0.29) is 23.0 Å². The van der Waals surface area contributed by atoms with E-state index in [1.54, 1.807) is 20.2 Å². The van der Waals surface area contributed by atoms with Gasteiger partial charge in [-0.15, -0.1) is 0 Å². The van der Waals surface area contributed by atoms with Gasteiger partial charge in [-0.3, -0.25) is 9.59 Å². The van der Waals surface area contributed by atoms with Crippen LogP contribution >= 0.6 is 15.9 Å². The Labute approximate surface area is 124 Å². The van der Waals surface area contributed by atoms with Gasteiger partial charge in [0, 0.05) is 30.3 Å². The number of phenols is 1. The molecule has 1 heterocycles. The van der Waals surface area contributed by atoms with Crippen LogP contribution in [0, 0.1) is 0 Å². The number of rotatable bonds is 3. The number of amides is 1. The summed E-state index contributed by atoms with van der Waals surface area (Å²) in [5, 5.41) is 9.74. The van der Waals surface area contributed by atoms with Gasteiger partial charge < -0.3 is 15.0 Å². The van der Waals surface area contributed by atoms with Gasteiger partial charge in [-0.1, -0.05) is 15.9 Å². The molecule has 104 valence electrons. The lowest BCUT2D eigenvalue weighted by molar-refractivity contribution is 0.0822. The maximum Gasteiger partial charge on any atom is 0.269 e. The summed E-state index contributed by atoms with van der Waals surface area (Å²) in [6, 6.07) is 6.10. The standard InChI is InChI=1S/C14H13BrN2O3/c1-17(2)14(20)11-5-8(7-16-11)13(19)10-6-9(15)3-4-12(10)18/h3-7,16,18H,1-2H3. The molecule has 0 atom stereocenters. The lowest BCUT2D eigenvalue weighted by atomic mass is 10.0. The number of nitrogens with one attached hydrogen (secondary N) is 1. The maximum atomic E-state index is 12.3. The van der Waals surface area contributed by atoms with E-state index in [2.05, 4.69) is 20.9 Å². The summed E-state index contributed by atoms with van der Waals surface area (Å²) in [6.45, 7) is 0. The summed E-state index contributed by atoms with van der Waals surface area (Å²) in [4.78, 5) is 28.2. The monoisotopic (exact) mass is 336 g/mol. The van der Waals surface area contributed by atoms with Crippen LogP contribution in [0.25, 0.3) is 0 Å². The number of aromatic nitrogens is 1. The highest BCUT2D eigenvalue weighted by atomic mass is 79.9. The molecule has 0 bridgehead atoms. The molecular formula is C14H13BrN2O3. The molecule has 2 aromatic rings. The minimum Gasteiger partial charge on any atom is -0.507 e. The topological polar surface area (TPSA) is 73.4 Å². The van der Waals surface area contributed by atoms with Gasteiger partial charge in [-0.25, -0.2) is 0 Å². The number of benzene rings is 1. The van der Waals surface area contributed by atoms with Crippen LogP contribution in [0.2, 0.25) is 0 Å². The number of halogens is 1. The van der Waals surface area contributed by atoms with Gasteiger partial charge in [0.15, 0.2) is 5.78 Å². The Morgan fingerprint density at radius 1 is 1.25 bits per heavy atom. The van der Waals surface area contributed by atoms with Crippen LogP contribution in [-0.4, -0.2) is 40.8 Å². The highest BCUT2D eigenvalue weighted by molar-refractivity contribution is 9.10. The third kappa shape index (κ3) is 2.75. The Morgan fingerprint density at radius 3 is 2.60 bits per heavy atom. The molecule has 0 aliphatic heterocycles. The van der Waals surface area contributed by atoms with E-state index in [4.69, 9.17) is 0 Å². The number of aromatic amines is 1. The molecule has 0 radical (unpaired) electrons. The number of aromatic hydroxyl groups is 1. The van der Waals surface area contributed by atoms with Gasteiger partial charge in [-0.05, 0) is 24.3 Å². The van der Waals surface area contributed by atoms with Gasteiger partial charge in [0.05, 0.1) is 5.56 Å². The fourth-order valence-corrected chi connectivity index (χ4v) is 2.10. The van der Waals surface area contributed by atoms with Gasteiger partial charge in [-0.2, -0.15) is 0 Å². The summed E-state index contributed by atoms with van der Waals surface area (Å²) in [7, 11) is 3.26. The van der Waals surface area contributed by atoms with Crippen LogP contribution in [0.5, 0.6) is 5.75 Å². The van der Waals surface area contributed by atoms with E-state index in [1.807, 2.05) is 0 Å². The Balaban J connectivity index is 2.35. The van der Waals surface area contributed by atoms with Crippen LogP contribution in [0.4, 0.5) is 0 Å². The van der Waals surface area contributed by atoms with Crippen molar-refractivity contribution in [2.45, 2.75) is 0 Å². The highest BCUT2D eigenvalue weighted by Crippen LogP contribution is 2.24. The zero-order valence-corrected chi connectivity index (χ0v) is 12.6. The van der Waals surface area contributed by atoms with E-state index in [1.165, 1.54) is 29.3 Å². The molecule has 20 heavy (non-hydrogen) atoms. The van der Waals surface area contributed by atoms with Crippen molar-refractivity contribution in [3.05, 3.63) is 51.8 Å². The van der Waals surface area contributed by atoms with E-state index in [9.17, 15) is 14.7 Å². The largest absolute Gasteiger partial charge is 0.507 e. The van der Waals surface area contributed by atoms with Crippen LogP contribution in [0.1, 0.15) is 26.4 Å². The first-order valence-electron chi connectivity index (χ1n) is 5.83. The molecule has 0 saturated carbocycles. The molecule has 6 heteroatoms. The number of hydrogen-bond acceptors (Lipinski definition) is 3. The van der Waals surface area contributed by atoms with E-state index in [0.29, 0.717) is 15.7 Å². The Kier molecular flexibility index (Phi) is 3.94. The second-order valence-corrected chi connectivity index (χ2v) is 5.41. The summed E-state index contributed by atoms with van der Waals surface area (Å²) in [5.74, 6) is -0.666. The molecule has 2 N–H and O–H groups in total. The van der Waals surface area contributed by atoms with Crippen LogP contribution in [0.3, 0.4) is 0 Å². The average molecular weight is 337 g/mol. The van der Waals surface area contributed by atoms with Crippen molar-refractivity contribution < 1.29 is 14.7 Å². The van der Waals surface area contributed by atoms with Crippen LogP contribution in [-0.2, 0) is 0 Å². The summed E-state index contributed by atoms with van der Waals surface area (Å²) < 4.78 is 0.693. The van der Waals surface area contributed by atoms with Crippen molar-refractivity contribution in [3.8, 4) is 5.75 Å². The predicted molar refractivity (Wildman–Crippen MR) is 78.0 cm³/mol. The molecule has 0 aliphatic rings. The van der Waals surface area contributed by atoms with E-state index in [0.717, 1.165) is 0 Å². The molecule has 0 aliphatic carbocycles. The first-order chi connectivity index (χ1) is 9.40. The normalized spacial score (nSPS) is 10.3. The van der Waals surface area contributed by atoms with Crippen molar-refractivity contribution in [2.24, 2.45) is 0 Å². The zero-order chi connectivity index (χ0) is 14.9. The predicted octanol–water partition coefficient (Wildman–Crippen LogP) is 2.42. The maximum absolute atomic E-state index is 12.3. The Bertz CT molecular complexity index is 677. The van der Waals surface area contributed by atoms with Gasteiger partial charge in [0.25, 0.3) is 5.91 Å². The zero-order valence-electron chi connectivity index (χ0n) is 11.0. The van der Waals surface area contributed by atoms with E-state index >= 15 is 0 Å². The van der Waals surface area contributed by atoms with Crippen molar-refractivity contribution in [1.82, 2.24) is 9.88 Å². The highest BCUT2D eigenvalue weighted by Gasteiger charge is 2.18. The van der Waals surface area contributed by atoms with Crippen molar-refractivity contribution in [1.29, 1.82) is 0 Å². The van der Waals surface area contributed by atoms with Gasteiger partial charge in [0.1, 0.15) is 11.4 Å². The summed E-state index contributed by atoms with van der Waals surface area (Å²) in [5.41, 5.74) is 0.832. The third-order valence-corrected chi connectivity index (χ3v) is 3.28. The van der Waals surface area contributed by atoms with Crippen LogP contribution in [0.15, 0.2) is 34.9 Å². The lowest BCUT2D eigenvalue weighted by Gasteiger charge is -2.07. The number of carbonyl (C=O) groups is 2. The molecular weight excluding hydrogens is 324 g/mol. The lowest BCUT2D eigenvalue weighted by Crippen LogP contribution is -2.21.